The molecular weight excluding hydrogens is 320 g/mol. The zero-order valence-corrected chi connectivity index (χ0v) is 14.8. The van der Waals surface area contributed by atoms with E-state index in [1.807, 2.05) is 20.8 Å². The van der Waals surface area contributed by atoms with Crippen LogP contribution in [0.15, 0.2) is 30.3 Å². The molecule has 8 heteroatoms. The first kappa shape index (κ1) is 18.9. The van der Waals surface area contributed by atoms with E-state index in [1.165, 1.54) is 0 Å². The first-order valence-electron chi connectivity index (χ1n) is 8.07. The van der Waals surface area contributed by atoms with Crippen LogP contribution in [0.3, 0.4) is 0 Å². The summed E-state index contributed by atoms with van der Waals surface area (Å²) in [6, 6.07) is 8.81. The van der Waals surface area contributed by atoms with E-state index >= 15 is 0 Å². The highest BCUT2D eigenvalue weighted by Gasteiger charge is 2.15. The van der Waals surface area contributed by atoms with Gasteiger partial charge in [0.1, 0.15) is 12.0 Å². The van der Waals surface area contributed by atoms with Crippen LogP contribution in [-0.4, -0.2) is 33.7 Å². The molecule has 1 aromatic carbocycles. The zero-order valence-electron chi connectivity index (χ0n) is 14.8. The highest BCUT2D eigenvalue weighted by Crippen LogP contribution is 2.30. The lowest BCUT2D eigenvalue weighted by atomic mass is 10.1. The first-order chi connectivity index (χ1) is 11.8. The van der Waals surface area contributed by atoms with Crippen molar-refractivity contribution in [2.45, 2.75) is 39.0 Å². The number of aliphatic hydroxyl groups is 1. The Morgan fingerprint density at radius 2 is 1.96 bits per heavy atom. The fraction of sp³-hybridized carbons (Fsp3) is 0.412. The molecular formula is C17H26N6O2. The quantitative estimate of drug-likeness (QED) is 0.220. The minimum Gasteiger partial charge on any atom is -0.493 e. The van der Waals surface area contributed by atoms with Gasteiger partial charge in [0.2, 0.25) is 0 Å². The van der Waals surface area contributed by atoms with E-state index < -0.39 is 6.23 Å². The first-order valence-corrected chi connectivity index (χ1v) is 8.07. The molecule has 0 aliphatic carbocycles. The lowest BCUT2D eigenvalue weighted by molar-refractivity contribution is 0.0824. The van der Waals surface area contributed by atoms with Gasteiger partial charge in [-0.3, -0.25) is 5.32 Å². The van der Waals surface area contributed by atoms with E-state index in [1.54, 1.807) is 30.3 Å². The molecule has 0 saturated carbocycles. The second-order valence-electron chi connectivity index (χ2n) is 6.75. The van der Waals surface area contributed by atoms with Gasteiger partial charge in [-0.15, -0.1) is 10.2 Å². The van der Waals surface area contributed by atoms with Crippen molar-refractivity contribution >= 4 is 11.5 Å². The van der Waals surface area contributed by atoms with Crippen LogP contribution in [0, 0.1) is 0 Å². The van der Waals surface area contributed by atoms with Gasteiger partial charge >= 0.3 is 0 Å². The minimum absolute atomic E-state index is 0.167. The number of aromatic nitrogens is 2. The molecule has 0 amide bonds. The predicted molar refractivity (Wildman–Crippen MR) is 98.7 cm³/mol. The molecule has 8 nitrogen and oxygen atoms in total. The van der Waals surface area contributed by atoms with Crippen molar-refractivity contribution in [1.82, 2.24) is 15.5 Å². The molecule has 0 spiro atoms. The predicted octanol–water partition coefficient (Wildman–Crippen LogP) is 1.49. The number of nitrogens with zero attached hydrogens (tertiary/aromatic N) is 2. The molecule has 0 radical (unpaired) electrons. The second-order valence-corrected chi connectivity index (χ2v) is 6.75. The molecule has 0 aliphatic heterocycles. The summed E-state index contributed by atoms with van der Waals surface area (Å²) in [5, 5.41) is 21.2. The van der Waals surface area contributed by atoms with Crippen LogP contribution in [0.5, 0.6) is 5.75 Å². The van der Waals surface area contributed by atoms with Crippen LogP contribution in [0.25, 0.3) is 11.3 Å². The fourth-order valence-electron chi connectivity index (χ4n) is 2.28. The Balaban J connectivity index is 2.08. The van der Waals surface area contributed by atoms with Gasteiger partial charge in [-0.2, -0.15) is 0 Å². The molecule has 0 saturated heterocycles. The zero-order chi connectivity index (χ0) is 18.4. The maximum Gasteiger partial charge on any atom is 0.162 e. The smallest absolute Gasteiger partial charge is 0.162 e. The highest BCUT2D eigenvalue weighted by atomic mass is 16.5. The maximum absolute atomic E-state index is 10.00. The number of nitrogens with two attached hydrogens (primary N) is 2. The average Bonchev–Trinajstić information content (AvgIpc) is 2.54. The van der Waals surface area contributed by atoms with Gasteiger partial charge in [0.05, 0.1) is 12.3 Å². The van der Waals surface area contributed by atoms with Gasteiger partial charge in [0.25, 0.3) is 0 Å². The average molecular weight is 346 g/mol. The van der Waals surface area contributed by atoms with Crippen molar-refractivity contribution in [1.29, 1.82) is 0 Å². The normalized spacial score (nSPS) is 12.7. The largest absolute Gasteiger partial charge is 0.493 e. The minimum atomic E-state index is -0.646. The van der Waals surface area contributed by atoms with Crippen LogP contribution in [0.4, 0.5) is 11.5 Å². The molecule has 7 N–H and O–H groups in total. The molecule has 2 aromatic rings. The molecule has 136 valence electrons. The van der Waals surface area contributed by atoms with Crippen molar-refractivity contribution in [3.05, 3.63) is 30.3 Å². The van der Waals surface area contributed by atoms with Gasteiger partial charge in [0, 0.05) is 23.2 Å². The lowest BCUT2D eigenvalue weighted by Crippen LogP contribution is -2.44. The maximum atomic E-state index is 10.00. The van der Waals surface area contributed by atoms with E-state index in [-0.39, 0.29) is 5.54 Å². The van der Waals surface area contributed by atoms with Crippen LogP contribution in [0.2, 0.25) is 0 Å². The van der Waals surface area contributed by atoms with Crippen molar-refractivity contribution < 1.29 is 9.84 Å². The van der Waals surface area contributed by atoms with Gasteiger partial charge < -0.3 is 21.0 Å². The SMILES string of the molecule is CC(C)(C)NC(O)CCOc1ccc(N)cc1-c1ccc(NN)nn1. The summed E-state index contributed by atoms with van der Waals surface area (Å²) >= 11 is 0. The monoisotopic (exact) mass is 346 g/mol. The number of hydrazine groups is 1. The highest BCUT2D eigenvalue weighted by molar-refractivity contribution is 5.71. The third kappa shape index (κ3) is 5.86. The van der Waals surface area contributed by atoms with Crippen molar-refractivity contribution in [2.24, 2.45) is 5.84 Å². The number of aliphatic hydroxyl groups excluding tert-OH is 1. The molecule has 2 rings (SSSR count). The van der Waals surface area contributed by atoms with Crippen LogP contribution in [0.1, 0.15) is 27.2 Å². The fourth-order valence-corrected chi connectivity index (χ4v) is 2.28. The summed E-state index contributed by atoms with van der Waals surface area (Å²) in [5.74, 6) is 6.39. The molecule has 0 aliphatic rings. The Labute approximate surface area is 147 Å². The number of hydrogen-bond acceptors (Lipinski definition) is 8. The van der Waals surface area contributed by atoms with Crippen LogP contribution >= 0.6 is 0 Å². The van der Waals surface area contributed by atoms with Crippen LogP contribution in [-0.2, 0) is 0 Å². The van der Waals surface area contributed by atoms with Crippen molar-refractivity contribution in [3.63, 3.8) is 0 Å². The molecule has 1 atom stereocenters. The molecule has 1 unspecified atom stereocenters. The Morgan fingerprint density at radius 1 is 1.20 bits per heavy atom. The van der Waals surface area contributed by atoms with Crippen LogP contribution < -0.4 is 27.1 Å². The Morgan fingerprint density at radius 3 is 2.56 bits per heavy atom. The third-order valence-electron chi connectivity index (χ3n) is 3.34. The second kappa shape index (κ2) is 8.11. The summed E-state index contributed by atoms with van der Waals surface area (Å²) in [7, 11) is 0. The summed E-state index contributed by atoms with van der Waals surface area (Å²) in [4.78, 5) is 0. The molecule has 25 heavy (non-hydrogen) atoms. The number of nitrogen functional groups attached to an aromatic ring is 2. The van der Waals surface area contributed by atoms with Crippen molar-refractivity contribution in [2.75, 3.05) is 17.8 Å². The summed E-state index contributed by atoms with van der Waals surface area (Å²) in [5.41, 5.74) is 10.1. The number of ether oxygens (including phenoxy) is 1. The summed E-state index contributed by atoms with van der Waals surface area (Å²) in [6.07, 6.45) is -0.199. The number of anilines is 2. The van der Waals surface area contributed by atoms with E-state index in [0.717, 1.165) is 5.56 Å². The number of rotatable bonds is 7. The summed E-state index contributed by atoms with van der Waals surface area (Å²) < 4.78 is 5.82. The number of hydrogen-bond donors (Lipinski definition) is 5. The van der Waals surface area contributed by atoms with Crippen molar-refractivity contribution in [3.8, 4) is 17.0 Å². The standard InChI is InChI=1S/C17H26N6O2/c1-17(2,3)20-16(24)8-9-25-14-6-4-11(18)10-12(14)13-5-7-15(21-19)23-22-13/h4-7,10,16,20,24H,8-9,18-19H2,1-3H3,(H,21,23). The Kier molecular flexibility index (Phi) is 6.13. The van der Waals surface area contributed by atoms with E-state index in [9.17, 15) is 5.11 Å². The van der Waals surface area contributed by atoms with E-state index in [4.69, 9.17) is 16.3 Å². The van der Waals surface area contributed by atoms with Gasteiger partial charge in [0.15, 0.2) is 5.82 Å². The van der Waals surface area contributed by atoms with Gasteiger partial charge in [-0.05, 0) is 51.1 Å². The Hall–Kier alpha value is -2.42. The number of benzene rings is 1. The molecule has 0 fully saturated rings. The molecule has 0 bridgehead atoms. The number of nitrogens with one attached hydrogen (secondary N) is 2. The van der Waals surface area contributed by atoms with E-state index in [0.29, 0.717) is 36.0 Å². The topological polar surface area (TPSA) is 131 Å². The molecule has 1 aromatic heterocycles. The lowest BCUT2D eigenvalue weighted by Gasteiger charge is -2.25. The van der Waals surface area contributed by atoms with Gasteiger partial charge in [-0.25, -0.2) is 5.84 Å². The van der Waals surface area contributed by atoms with Gasteiger partial charge in [-0.1, -0.05) is 0 Å². The summed E-state index contributed by atoms with van der Waals surface area (Å²) in [6.45, 7) is 6.33. The Bertz CT molecular complexity index is 685. The van der Waals surface area contributed by atoms with E-state index in [2.05, 4.69) is 20.9 Å². The third-order valence-corrected chi connectivity index (χ3v) is 3.34. The molecule has 1 heterocycles.